The normalized spacial score (nSPS) is 15.0. The van der Waals surface area contributed by atoms with Crippen molar-refractivity contribution in [3.05, 3.63) is 66.2 Å². The lowest BCUT2D eigenvalue weighted by atomic mass is 10.2. The maximum absolute atomic E-state index is 13.2. The minimum Gasteiger partial charge on any atom is -0.483 e. The SMILES string of the molecule is CC(Oc1ccc(F)cc1)c1nnc(SCC(=O)N2CCN(c3ccccc3)CC2)n1C(C)C. The first-order valence-electron chi connectivity index (χ1n) is 11.5. The highest BCUT2D eigenvalue weighted by atomic mass is 32.2. The third-order valence-corrected chi connectivity index (χ3v) is 6.70. The summed E-state index contributed by atoms with van der Waals surface area (Å²) in [6.45, 7) is 9.05. The summed E-state index contributed by atoms with van der Waals surface area (Å²) in [5, 5.41) is 9.38. The zero-order valence-corrected chi connectivity index (χ0v) is 20.5. The van der Waals surface area contributed by atoms with Crippen LogP contribution < -0.4 is 9.64 Å². The van der Waals surface area contributed by atoms with Gasteiger partial charge in [0, 0.05) is 37.9 Å². The second kappa shape index (κ2) is 10.9. The van der Waals surface area contributed by atoms with Crippen LogP contribution in [0.25, 0.3) is 0 Å². The quantitative estimate of drug-likeness (QED) is 0.437. The summed E-state index contributed by atoms with van der Waals surface area (Å²) in [5.74, 6) is 1.34. The predicted octanol–water partition coefficient (Wildman–Crippen LogP) is 4.58. The molecule has 7 nitrogen and oxygen atoms in total. The van der Waals surface area contributed by atoms with Gasteiger partial charge in [-0.3, -0.25) is 4.79 Å². The molecule has 0 radical (unpaired) electrons. The summed E-state index contributed by atoms with van der Waals surface area (Å²) < 4.78 is 21.1. The number of thioether (sulfide) groups is 1. The molecule has 1 aliphatic rings. The van der Waals surface area contributed by atoms with Crippen molar-refractivity contribution >= 4 is 23.4 Å². The van der Waals surface area contributed by atoms with E-state index < -0.39 is 0 Å². The van der Waals surface area contributed by atoms with E-state index in [4.69, 9.17) is 4.74 Å². The Hall–Kier alpha value is -3.07. The van der Waals surface area contributed by atoms with E-state index in [0.717, 1.165) is 13.1 Å². The van der Waals surface area contributed by atoms with Gasteiger partial charge in [0.1, 0.15) is 11.6 Å². The molecule has 9 heteroatoms. The van der Waals surface area contributed by atoms with E-state index >= 15 is 0 Å². The van der Waals surface area contributed by atoms with Gasteiger partial charge in [-0.25, -0.2) is 4.39 Å². The molecule has 2 heterocycles. The third-order valence-electron chi connectivity index (χ3n) is 5.78. The van der Waals surface area contributed by atoms with E-state index in [9.17, 15) is 9.18 Å². The van der Waals surface area contributed by atoms with Crippen LogP contribution >= 0.6 is 11.8 Å². The van der Waals surface area contributed by atoms with Crippen molar-refractivity contribution in [2.24, 2.45) is 0 Å². The number of nitrogens with zero attached hydrogens (tertiary/aromatic N) is 5. The van der Waals surface area contributed by atoms with Gasteiger partial charge in [0.15, 0.2) is 17.1 Å². The van der Waals surface area contributed by atoms with Gasteiger partial charge in [-0.15, -0.1) is 10.2 Å². The number of piperazine rings is 1. The molecule has 1 saturated heterocycles. The van der Waals surface area contributed by atoms with Gasteiger partial charge in [0.2, 0.25) is 5.91 Å². The molecule has 2 aromatic carbocycles. The molecule has 34 heavy (non-hydrogen) atoms. The standard InChI is InChI=1S/C25H30FN5O2S/c1-18(2)31-24(19(3)33-22-11-9-20(26)10-12-22)27-28-25(31)34-17-23(32)30-15-13-29(14-16-30)21-7-5-4-6-8-21/h4-12,18-19H,13-17H2,1-3H3. The molecule has 1 aliphatic heterocycles. The second-order valence-electron chi connectivity index (χ2n) is 8.51. The molecule has 0 saturated carbocycles. The van der Waals surface area contributed by atoms with Crippen LogP contribution in [0.1, 0.15) is 38.7 Å². The Morgan fingerprint density at radius 2 is 1.68 bits per heavy atom. The summed E-state index contributed by atoms with van der Waals surface area (Å²) in [6, 6.07) is 16.3. The number of carbonyl (C=O) groups excluding carboxylic acids is 1. The van der Waals surface area contributed by atoms with Gasteiger partial charge in [0.25, 0.3) is 0 Å². The molecule has 0 spiro atoms. The largest absolute Gasteiger partial charge is 0.483 e. The minimum absolute atomic E-state index is 0.0938. The molecule has 0 N–H and O–H groups in total. The average Bonchev–Trinajstić information content (AvgIpc) is 3.29. The fourth-order valence-electron chi connectivity index (χ4n) is 3.99. The Balaban J connectivity index is 1.35. The van der Waals surface area contributed by atoms with E-state index in [2.05, 4.69) is 27.2 Å². The first kappa shape index (κ1) is 24.1. The zero-order chi connectivity index (χ0) is 24.1. The minimum atomic E-state index is -0.378. The molecule has 1 aromatic heterocycles. The number of para-hydroxylation sites is 1. The fraction of sp³-hybridized carbons (Fsp3) is 0.400. The maximum atomic E-state index is 13.2. The van der Waals surface area contributed by atoms with Gasteiger partial charge in [-0.05, 0) is 57.2 Å². The van der Waals surface area contributed by atoms with Crippen LogP contribution in [0.5, 0.6) is 5.75 Å². The molecule has 4 rings (SSSR count). The van der Waals surface area contributed by atoms with Gasteiger partial charge >= 0.3 is 0 Å². The van der Waals surface area contributed by atoms with Crippen molar-refractivity contribution in [1.82, 2.24) is 19.7 Å². The Morgan fingerprint density at radius 1 is 1.00 bits per heavy atom. The lowest BCUT2D eigenvalue weighted by Crippen LogP contribution is -2.49. The number of hydrogen-bond acceptors (Lipinski definition) is 6. The topological polar surface area (TPSA) is 63.5 Å². The molecule has 1 amide bonds. The second-order valence-corrected chi connectivity index (χ2v) is 9.45. The number of aromatic nitrogens is 3. The molecule has 0 bridgehead atoms. The summed E-state index contributed by atoms with van der Waals surface area (Å²) in [5.41, 5.74) is 1.19. The van der Waals surface area contributed by atoms with Crippen LogP contribution in [0.15, 0.2) is 59.8 Å². The highest BCUT2D eigenvalue weighted by Gasteiger charge is 2.25. The Morgan fingerprint density at radius 3 is 2.32 bits per heavy atom. The molecule has 3 aromatic rings. The summed E-state index contributed by atoms with van der Waals surface area (Å²) in [4.78, 5) is 17.1. The van der Waals surface area contributed by atoms with Gasteiger partial charge in [0.05, 0.1) is 5.75 Å². The third kappa shape index (κ3) is 5.70. The van der Waals surface area contributed by atoms with E-state index in [-0.39, 0.29) is 23.9 Å². The van der Waals surface area contributed by atoms with Gasteiger partial charge in [-0.1, -0.05) is 30.0 Å². The number of carbonyl (C=O) groups is 1. The van der Waals surface area contributed by atoms with Crippen LogP contribution in [0.3, 0.4) is 0 Å². The number of benzene rings is 2. The van der Waals surface area contributed by atoms with Crippen molar-refractivity contribution in [3.63, 3.8) is 0 Å². The number of anilines is 1. The van der Waals surface area contributed by atoms with Crippen LogP contribution in [0.2, 0.25) is 0 Å². The van der Waals surface area contributed by atoms with Crippen LogP contribution in [-0.2, 0) is 4.79 Å². The van der Waals surface area contributed by atoms with Gasteiger partial charge in [-0.2, -0.15) is 0 Å². The summed E-state index contributed by atoms with van der Waals surface area (Å²) in [6.07, 6.45) is -0.378. The Labute approximate surface area is 203 Å². The first-order valence-corrected chi connectivity index (χ1v) is 12.5. The monoisotopic (exact) mass is 483 g/mol. The maximum Gasteiger partial charge on any atom is 0.233 e. The molecule has 0 aliphatic carbocycles. The number of rotatable bonds is 8. The number of hydrogen-bond donors (Lipinski definition) is 0. The number of amides is 1. The van der Waals surface area contributed by atoms with Crippen LogP contribution in [0, 0.1) is 5.82 Å². The van der Waals surface area contributed by atoms with E-state index in [0.29, 0.717) is 35.6 Å². The molecule has 1 unspecified atom stereocenters. The first-order chi connectivity index (χ1) is 16.4. The molecular formula is C25H30FN5O2S. The van der Waals surface area contributed by atoms with Crippen LogP contribution in [-0.4, -0.2) is 57.5 Å². The zero-order valence-electron chi connectivity index (χ0n) is 19.7. The van der Waals surface area contributed by atoms with Crippen molar-refractivity contribution in [2.45, 2.75) is 38.1 Å². The highest BCUT2D eigenvalue weighted by Crippen LogP contribution is 2.28. The lowest BCUT2D eigenvalue weighted by molar-refractivity contribution is -0.128. The lowest BCUT2D eigenvalue weighted by Gasteiger charge is -2.36. The Kier molecular flexibility index (Phi) is 7.72. The van der Waals surface area contributed by atoms with E-state index in [1.54, 1.807) is 12.1 Å². The molecule has 1 atom stereocenters. The molecular weight excluding hydrogens is 453 g/mol. The highest BCUT2D eigenvalue weighted by molar-refractivity contribution is 7.99. The molecule has 180 valence electrons. The van der Waals surface area contributed by atoms with Crippen molar-refractivity contribution in [2.75, 3.05) is 36.8 Å². The van der Waals surface area contributed by atoms with E-state index in [1.807, 2.05) is 48.4 Å². The Bertz CT molecular complexity index is 1080. The number of ether oxygens (including phenoxy) is 1. The van der Waals surface area contributed by atoms with Crippen molar-refractivity contribution < 1.29 is 13.9 Å². The predicted molar refractivity (Wildman–Crippen MR) is 132 cm³/mol. The summed E-state index contributed by atoms with van der Waals surface area (Å²) in [7, 11) is 0. The van der Waals surface area contributed by atoms with Gasteiger partial charge < -0.3 is 19.1 Å². The van der Waals surface area contributed by atoms with Crippen molar-refractivity contribution in [3.8, 4) is 5.75 Å². The molecule has 1 fully saturated rings. The fourth-order valence-corrected chi connectivity index (χ4v) is 4.97. The van der Waals surface area contributed by atoms with Crippen molar-refractivity contribution in [1.29, 1.82) is 0 Å². The smallest absolute Gasteiger partial charge is 0.233 e. The van der Waals surface area contributed by atoms with Crippen LogP contribution in [0.4, 0.5) is 10.1 Å². The average molecular weight is 484 g/mol. The number of halogens is 1. The van der Waals surface area contributed by atoms with E-state index in [1.165, 1.54) is 29.6 Å². The summed E-state index contributed by atoms with van der Waals surface area (Å²) >= 11 is 1.40.